The van der Waals surface area contributed by atoms with Crippen LogP contribution in [0.2, 0.25) is 0 Å². The van der Waals surface area contributed by atoms with Gasteiger partial charge in [0, 0.05) is 17.2 Å². The Bertz CT molecular complexity index is 631. The van der Waals surface area contributed by atoms with Gasteiger partial charge in [-0.15, -0.1) is 22.0 Å². The SMILES string of the molecule is Nc1nnc(SCC(=O)N2CCSc3ccccc32)s1. The average molecular weight is 324 g/mol. The number of hydrogen-bond acceptors (Lipinski definition) is 7. The van der Waals surface area contributed by atoms with Gasteiger partial charge in [-0.2, -0.15) is 0 Å². The molecule has 2 N–H and O–H groups in total. The van der Waals surface area contributed by atoms with E-state index in [4.69, 9.17) is 5.73 Å². The van der Waals surface area contributed by atoms with Gasteiger partial charge in [0.05, 0.1) is 11.4 Å². The summed E-state index contributed by atoms with van der Waals surface area (Å²) in [6.07, 6.45) is 0. The van der Waals surface area contributed by atoms with Crippen LogP contribution in [0.15, 0.2) is 33.5 Å². The van der Waals surface area contributed by atoms with Crippen LogP contribution >= 0.6 is 34.9 Å². The monoisotopic (exact) mass is 324 g/mol. The van der Waals surface area contributed by atoms with E-state index in [0.717, 1.165) is 27.2 Å². The summed E-state index contributed by atoms with van der Waals surface area (Å²) in [6, 6.07) is 8.01. The van der Waals surface area contributed by atoms with Gasteiger partial charge in [0.1, 0.15) is 0 Å². The molecule has 0 atom stereocenters. The van der Waals surface area contributed by atoms with Crippen LogP contribution in [0.5, 0.6) is 0 Å². The molecule has 3 rings (SSSR count). The molecule has 1 aliphatic heterocycles. The van der Waals surface area contributed by atoms with Crippen molar-refractivity contribution in [2.24, 2.45) is 0 Å². The lowest BCUT2D eigenvalue weighted by Crippen LogP contribution is -2.36. The van der Waals surface area contributed by atoms with E-state index in [9.17, 15) is 4.79 Å². The van der Waals surface area contributed by atoms with Gasteiger partial charge in [-0.25, -0.2) is 0 Å². The van der Waals surface area contributed by atoms with Crippen LogP contribution in [-0.4, -0.2) is 34.2 Å². The molecule has 0 fully saturated rings. The van der Waals surface area contributed by atoms with Gasteiger partial charge in [0.15, 0.2) is 4.34 Å². The summed E-state index contributed by atoms with van der Waals surface area (Å²) < 4.78 is 0.732. The van der Waals surface area contributed by atoms with Crippen molar-refractivity contribution in [2.45, 2.75) is 9.24 Å². The molecular formula is C12H12N4OS3. The number of carbonyl (C=O) groups excluding carboxylic acids is 1. The van der Waals surface area contributed by atoms with E-state index >= 15 is 0 Å². The van der Waals surface area contributed by atoms with Crippen LogP contribution in [0.4, 0.5) is 10.8 Å². The average Bonchev–Trinajstić information content (AvgIpc) is 2.90. The Balaban J connectivity index is 1.69. The van der Waals surface area contributed by atoms with Gasteiger partial charge in [0.25, 0.3) is 0 Å². The van der Waals surface area contributed by atoms with Crippen molar-refractivity contribution in [1.29, 1.82) is 0 Å². The van der Waals surface area contributed by atoms with Crippen molar-refractivity contribution in [3.05, 3.63) is 24.3 Å². The second-order valence-electron chi connectivity index (χ2n) is 4.06. The van der Waals surface area contributed by atoms with Gasteiger partial charge < -0.3 is 10.6 Å². The van der Waals surface area contributed by atoms with Crippen molar-refractivity contribution in [2.75, 3.05) is 28.7 Å². The Morgan fingerprint density at radius 1 is 1.40 bits per heavy atom. The number of carbonyl (C=O) groups is 1. The molecule has 104 valence electrons. The number of rotatable bonds is 3. The molecule has 2 heterocycles. The quantitative estimate of drug-likeness (QED) is 0.874. The maximum absolute atomic E-state index is 12.4. The highest BCUT2D eigenvalue weighted by atomic mass is 32.2. The van der Waals surface area contributed by atoms with Crippen molar-refractivity contribution in [1.82, 2.24) is 10.2 Å². The second-order valence-corrected chi connectivity index (χ2v) is 7.42. The van der Waals surface area contributed by atoms with Crippen molar-refractivity contribution in [3.8, 4) is 0 Å². The number of benzene rings is 1. The number of fused-ring (bicyclic) bond motifs is 1. The van der Waals surface area contributed by atoms with Crippen molar-refractivity contribution >= 4 is 51.6 Å². The molecular weight excluding hydrogens is 312 g/mol. The van der Waals surface area contributed by atoms with Crippen LogP contribution in [0.3, 0.4) is 0 Å². The Labute approximate surface area is 128 Å². The maximum Gasteiger partial charge on any atom is 0.237 e. The Morgan fingerprint density at radius 3 is 3.05 bits per heavy atom. The minimum absolute atomic E-state index is 0.0940. The molecule has 0 radical (unpaired) electrons. The zero-order valence-corrected chi connectivity index (χ0v) is 12.9. The summed E-state index contributed by atoms with van der Waals surface area (Å²) in [5.74, 6) is 1.38. The van der Waals surface area contributed by atoms with Crippen LogP contribution in [0.1, 0.15) is 0 Å². The Kier molecular flexibility index (Phi) is 4.13. The fourth-order valence-corrected chi connectivity index (χ4v) is 4.42. The summed E-state index contributed by atoms with van der Waals surface area (Å²) >= 11 is 4.48. The van der Waals surface area contributed by atoms with Crippen LogP contribution in [0.25, 0.3) is 0 Å². The number of anilines is 2. The van der Waals surface area contributed by atoms with Crippen molar-refractivity contribution < 1.29 is 4.79 Å². The van der Waals surface area contributed by atoms with E-state index < -0.39 is 0 Å². The Hall–Kier alpha value is -1.25. The van der Waals surface area contributed by atoms with E-state index in [-0.39, 0.29) is 5.91 Å². The number of nitrogen functional groups attached to an aromatic ring is 1. The maximum atomic E-state index is 12.4. The number of amides is 1. The molecule has 0 unspecified atom stereocenters. The van der Waals surface area contributed by atoms with Gasteiger partial charge in [-0.3, -0.25) is 4.79 Å². The molecule has 0 aliphatic carbocycles. The lowest BCUT2D eigenvalue weighted by atomic mass is 10.3. The first-order chi connectivity index (χ1) is 9.74. The van der Waals surface area contributed by atoms with E-state index in [1.807, 2.05) is 23.1 Å². The largest absolute Gasteiger partial charge is 0.374 e. The highest BCUT2D eigenvalue weighted by Gasteiger charge is 2.22. The molecule has 20 heavy (non-hydrogen) atoms. The second kappa shape index (κ2) is 6.02. The molecule has 1 amide bonds. The van der Waals surface area contributed by atoms with E-state index in [0.29, 0.717) is 10.9 Å². The van der Waals surface area contributed by atoms with Gasteiger partial charge >= 0.3 is 0 Å². The van der Waals surface area contributed by atoms with Gasteiger partial charge in [-0.1, -0.05) is 35.2 Å². The van der Waals surface area contributed by atoms with E-state index in [1.54, 1.807) is 11.8 Å². The molecule has 1 aromatic carbocycles. The fraction of sp³-hybridized carbons (Fsp3) is 0.250. The number of para-hydroxylation sites is 1. The highest BCUT2D eigenvalue weighted by molar-refractivity contribution is 8.01. The van der Waals surface area contributed by atoms with Crippen LogP contribution < -0.4 is 10.6 Å². The van der Waals surface area contributed by atoms with E-state index in [1.165, 1.54) is 23.1 Å². The topological polar surface area (TPSA) is 72.1 Å². The Morgan fingerprint density at radius 2 is 2.25 bits per heavy atom. The van der Waals surface area contributed by atoms with Gasteiger partial charge in [-0.05, 0) is 12.1 Å². The molecule has 2 aromatic rings. The summed E-state index contributed by atoms with van der Waals surface area (Å²) in [5.41, 5.74) is 6.53. The molecule has 8 heteroatoms. The summed E-state index contributed by atoms with van der Waals surface area (Å²) in [4.78, 5) is 15.4. The molecule has 1 aromatic heterocycles. The van der Waals surface area contributed by atoms with Gasteiger partial charge in [0.2, 0.25) is 11.0 Å². The minimum Gasteiger partial charge on any atom is -0.374 e. The molecule has 1 aliphatic rings. The summed E-state index contributed by atoms with van der Waals surface area (Å²) in [7, 11) is 0. The third-order valence-corrected chi connectivity index (χ3v) is 5.68. The normalized spacial score (nSPS) is 14.1. The third-order valence-electron chi connectivity index (χ3n) is 2.77. The zero-order valence-electron chi connectivity index (χ0n) is 10.5. The zero-order chi connectivity index (χ0) is 13.9. The van der Waals surface area contributed by atoms with Crippen molar-refractivity contribution in [3.63, 3.8) is 0 Å². The number of aromatic nitrogens is 2. The number of thioether (sulfide) groups is 2. The smallest absolute Gasteiger partial charge is 0.237 e. The minimum atomic E-state index is 0.0940. The number of nitrogens with zero attached hydrogens (tertiary/aromatic N) is 3. The first kappa shape index (κ1) is 13.7. The highest BCUT2D eigenvalue weighted by Crippen LogP contribution is 2.35. The molecule has 5 nitrogen and oxygen atoms in total. The van der Waals surface area contributed by atoms with Crippen LogP contribution in [0, 0.1) is 0 Å². The summed E-state index contributed by atoms with van der Waals surface area (Å²) in [5, 5.41) is 8.08. The molecule has 0 spiro atoms. The van der Waals surface area contributed by atoms with Crippen LogP contribution in [-0.2, 0) is 4.79 Å². The molecule has 0 saturated heterocycles. The lowest BCUT2D eigenvalue weighted by molar-refractivity contribution is -0.116. The standard InChI is InChI=1S/C12H12N4OS3/c13-11-14-15-12(20-11)19-7-10(17)16-5-6-18-9-4-2-1-3-8(9)16/h1-4H,5-7H2,(H2,13,14). The fourth-order valence-electron chi connectivity index (χ4n) is 1.91. The first-order valence-electron chi connectivity index (χ1n) is 5.98. The number of hydrogen-bond donors (Lipinski definition) is 1. The third kappa shape index (κ3) is 2.92. The number of nitrogens with two attached hydrogens (primary N) is 1. The molecule has 0 saturated carbocycles. The molecule has 0 bridgehead atoms. The first-order valence-corrected chi connectivity index (χ1v) is 8.77. The predicted octanol–water partition coefficient (Wildman–Crippen LogP) is 2.35. The van der Waals surface area contributed by atoms with E-state index in [2.05, 4.69) is 16.3 Å². The lowest BCUT2D eigenvalue weighted by Gasteiger charge is -2.28. The predicted molar refractivity (Wildman–Crippen MR) is 84.6 cm³/mol. The summed E-state index contributed by atoms with van der Waals surface area (Å²) in [6.45, 7) is 0.749.